The maximum absolute atomic E-state index is 12.8. The normalized spacial score (nSPS) is 10.8. The van der Waals surface area contributed by atoms with Crippen molar-refractivity contribution in [3.05, 3.63) is 89.0 Å². The van der Waals surface area contributed by atoms with Gasteiger partial charge in [0.15, 0.2) is 17.3 Å². The second kappa shape index (κ2) is 9.01. The van der Waals surface area contributed by atoms with Gasteiger partial charge in [-0.1, -0.05) is 18.2 Å². The fourth-order valence-electron chi connectivity index (χ4n) is 3.50. The molecule has 7 heteroatoms. The smallest absolute Gasteiger partial charge is 0.292 e. The van der Waals surface area contributed by atoms with Crippen molar-refractivity contribution in [2.45, 2.75) is 27.4 Å². The molecule has 0 saturated heterocycles. The molecule has 0 fully saturated rings. The number of carbonyl (C=O) groups is 1. The number of methoxy groups -OCH3 is 1. The number of aromatic nitrogens is 2. The molecule has 0 atom stereocenters. The van der Waals surface area contributed by atoms with Crippen molar-refractivity contribution in [2.24, 2.45) is 0 Å². The molecule has 0 saturated carbocycles. The van der Waals surface area contributed by atoms with Gasteiger partial charge in [0.05, 0.1) is 18.5 Å². The minimum Gasteiger partial charge on any atom is -0.493 e. The van der Waals surface area contributed by atoms with Crippen molar-refractivity contribution in [3.63, 3.8) is 0 Å². The molecule has 0 radical (unpaired) electrons. The number of para-hydroxylation sites is 2. The maximum Gasteiger partial charge on any atom is 0.292 e. The van der Waals surface area contributed by atoms with E-state index in [1.54, 1.807) is 23.9 Å². The Hall–Kier alpha value is -4.00. The number of benzene rings is 2. The molecule has 1 amide bonds. The Morgan fingerprint density at radius 3 is 2.44 bits per heavy atom. The zero-order chi connectivity index (χ0) is 22.7. The fraction of sp³-hybridized carbons (Fsp3) is 0.200. The lowest BCUT2D eigenvalue weighted by atomic mass is 10.1. The van der Waals surface area contributed by atoms with Gasteiger partial charge in [-0.3, -0.25) is 4.79 Å². The molecule has 0 aliphatic heterocycles. The first-order valence-corrected chi connectivity index (χ1v) is 10.2. The highest BCUT2D eigenvalue weighted by atomic mass is 16.5. The van der Waals surface area contributed by atoms with Crippen LogP contribution in [0, 0.1) is 20.8 Å². The first-order valence-electron chi connectivity index (χ1n) is 10.2. The zero-order valence-corrected chi connectivity index (χ0v) is 18.5. The Kier molecular flexibility index (Phi) is 5.98. The number of rotatable bonds is 7. The van der Waals surface area contributed by atoms with E-state index in [0.717, 1.165) is 22.5 Å². The predicted octanol–water partition coefficient (Wildman–Crippen LogP) is 5.23. The van der Waals surface area contributed by atoms with Crippen molar-refractivity contribution in [1.82, 2.24) is 9.78 Å². The van der Waals surface area contributed by atoms with Crippen molar-refractivity contribution >= 4 is 11.7 Å². The summed E-state index contributed by atoms with van der Waals surface area (Å²) < 4.78 is 18.5. The van der Waals surface area contributed by atoms with E-state index in [9.17, 15) is 4.79 Å². The Labute approximate surface area is 186 Å². The number of nitrogens with zero attached hydrogens (tertiary/aromatic N) is 2. The third-order valence-electron chi connectivity index (χ3n) is 4.85. The predicted molar refractivity (Wildman–Crippen MR) is 122 cm³/mol. The van der Waals surface area contributed by atoms with Crippen LogP contribution in [-0.2, 0) is 6.61 Å². The third-order valence-corrected chi connectivity index (χ3v) is 4.85. The number of nitrogens with one attached hydrogen (secondary N) is 1. The van der Waals surface area contributed by atoms with E-state index >= 15 is 0 Å². The van der Waals surface area contributed by atoms with Gasteiger partial charge in [0.1, 0.15) is 18.2 Å². The minimum atomic E-state index is -0.362. The number of hydrogen-bond donors (Lipinski definition) is 1. The van der Waals surface area contributed by atoms with Crippen molar-refractivity contribution in [2.75, 3.05) is 12.4 Å². The molecule has 4 rings (SSSR count). The van der Waals surface area contributed by atoms with Gasteiger partial charge >= 0.3 is 0 Å². The molecule has 0 bridgehead atoms. The van der Waals surface area contributed by atoms with Crippen LogP contribution in [0.15, 0.2) is 65.1 Å². The van der Waals surface area contributed by atoms with Crippen molar-refractivity contribution < 1.29 is 18.7 Å². The molecule has 0 spiro atoms. The first-order chi connectivity index (χ1) is 15.4. The lowest BCUT2D eigenvalue weighted by Crippen LogP contribution is -2.14. The Morgan fingerprint density at radius 1 is 1.00 bits per heavy atom. The average Bonchev–Trinajstić information content (AvgIpc) is 3.38. The lowest BCUT2D eigenvalue weighted by molar-refractivity contribution is 0.0992. The van der Waals surface area contributed by atoms with Gasteiger partial charge in [0.25, 0.3) is 5.91 Å². The third kappa shape index (κ3) is 4.67. The maximum atomic E-state index is 12.8. The molecule has 4 aromatic rings. The summed E-state index contributed by atoms with van der Waals surface area (Å²) in [5, 5.41) is 7.43. The van der Waals surface area contributed by atoms with Gasteiger partial charge in [-0.15, -0.1) is 0 Å². The summed E-state index contributed by atoms with van der Waals surface area (Å²) in [6, 6.07) is 18.7. The molecular weight excluding hydrogens is 406 g/mol. The summed E-state index contributed by atoms with van der Waals surface area (Å²) in [5.74, 6) is 2.16. The van der Waals surface area contributed by atoms with Crippen LogP contribution >= 0.6 is 0 Å². The summed E-state index contributed by atoms with van der Waals surface area (Å²) in [7, 11) is 1.59. The second-order valence-electron chi connectivity index (χ2n) is 7.59. The summed E-state index contributed by atoms with van der Waals surface area (Å²) >= 11 is 0. The standard InChI is InChI=1S/C25H25N3O4/c1-16-11-17(2)13-19(12-16)28-24(14-18(3)27-28)26-25(29)23-10-9-20(32-23)15-31-22-8-6-5-7-21(22)30-4/h5-14H,15H2,1-4H3,(H,26,29). The van der Waals surface area contributed by atoms with E-state index < -0.39 is 0 Å². The molecule has 2 aromatic heterocycles. The molecule has 0 aliphatic carbocycles. The second-order valence-corrected chi connectivity index (χ2v) is 7.59. The quantitative estimate of drug-likeness (QED) is 0.433. The van der Waals surface area contributed by atoms with Crippen LogP contribution in [0.2, 0.25) is 0 Å². The monoisotopic (exact) mass is 431 g/mol. The van der Waals surface area contributed by atoms with Gasteiger partial charge in [0, 0.05) is 6.07 Å². The number of ether oxygens (including phenoxy) is 2. The molecule has 7 nitrogen and oxygen atoms in total. The van der Waals surface area contributed by atoms with E-state index in [1.807, 2.05) is 63.2 Å². The molecule has 2 heterocycles. The molecule has 0 unspecified atom stereocenters. The van der Waals surface area contributed by atoms with Crippen molar-refractivity contribution in [3.8, 4) is 17.2 Å². The molecule has 32 heavy (non-hydrogen) atoms. The van der Waals surface area contributed by atoms with E-state index in [4.69, 9.17) is 13.9 Å². The highest BCUT2D eigenvalue weighted by Crippen LogP contribution is 2.27. The number of aryl methyl sites for hydroxylation is 3. The number of anilines is 1. The molecule has 164 valence electrons. The van der Waals surface area contributed by atoms with Gasteiger partial charge in [-0.05, 0) is 68.3 Å². The van der Waals surface area contributed by atoms with Crippen LogP contribution in [-0.4, -0.2) is 22.8 Å². The largest absolute Gasteiger partial charge is 0.493 e. The molecular formula is C25H25N3O4. The van der Waals surface area contributed by atoms with Crippen LogP contribution in [0.25, 0.3) is 5.69 Å². The summed E-state index contributed by atoms with van der Waals surface area (Å²) in [6.07, 6.45) is 0. The molecule has 2 aromatic carbocycles. The molecule has 1 N–H and O–H groups in total. The summed E-state index contributed by atoms with van der Waals surface area (Å²) in [6.45, 7) is 6.12. The van der Waals surface area contributed by atoms with E-state index in [-0.39, 0.29) is 18.3 Å². The van der Waals surface area contributed by atoms with E-state index in [0.29, 0.717) is 23.1 Å². The van der Waals surface area contributed by atoms with Crippen LogP contribution in [0.3, 0.4) is 0 Å². The van der Waals surface area contributed by atoms with Gasteiger partial charge in [0.2, 0.25) is 0 Å². The Bertz CT molecular complexity index is 1240. The van der Waals surface area contributed by atoms with Crippen LogP contribution in [0.5, 0.6) is 11.5 Å². The van der Waals surface area contributed by atoms with Crippen LogP contribution in [0.1, 0.15) is 33.1 Å². The summed E-state index contributed by atoms with van der Waals surface area (Å²) in [5.41, 5.74) is 3.92. The van der Waals surface area contributed by atoms with Gasteiger partial charge in [-0.25, -0.2) is 4.68 Å². The minimum absolute atomic E-state index is 0.174. The Morgan fingerprint density at radius 2 is 1.72 bits per heavy atom. The number of amides is 1. The van der Waals surface area contributed by atoms with Gasteiger partial charge < -0.3 is 19.2 Å². The highest BCUT2D eigenvalue weighted by molar-refractivity contribution is 6.02. The van der Waals surface area contributed by atoms with E-state index in [1.165, 1.54) is 0 Å². The lowest BCUT2D eigenvalue weighted by Gasteiger charge is -2.10. The van der Waals surface area contributed by atoms with E-state index in [2.05, 4.69) is 16.5 Å². The number of furan rings is 1. The Balaban J connectivity index is 1.48. The van der Waals surface area contributed by atoms with Crippen LogP contribution < -0.4 is 14.8 Å². The SMILES string of the molecule is COc1ccccc1OCc1ccc(C(=O)Nc2cc(C)nn2-c2cc(C)cc(C)c2)o1. The number of hydrogen-bond acceptors (Lipinski definition) is 5. The van der Waals surface area contributed by atoms with Crippen molar-refractivity contribution in [1.29, 1.82) is 0 Å². The first kappa shape index (κ1) is 21.2. The van der Waals surface area contributed by atoms with Gasteiger partial charge in [-0.2, -0.15) is 5.10 Å². The topological polar surface area (TPSA) is 78.5 Å². The highest BCUT2D eigenvalue weighted by Gasteiger charge is 2.16. The molecule has 0 aliphatic rings. The number of carbonyl (C=O) groups excluding carboxylic acids is 1. The summed E-state index contributed by atoms with van der Waals surface area (Å²) in [4.78, 5) is 12.8. The zero-order valence-electron chi connectivity index (χ0n) is 18.5. The fourth-order valence-corrected chi connectivity index (χ4v) is 3.50. The van der Waals surface area contributed by atoms with Crippen LogP contribution in [0.4, 0.5) is 5.82 Å². The average molecular weight is 431 g/mol.